The van der Waals surface area contributed by atoms with E-state index in [0.29, 0.717) is 26.1 Å². The van der Waals surface area contributed by atoms with Crippen molar-refractivity contribution in [3.63, 3.8) is 0 Å². The van der Waals surface area contributed by atoms with E-state index in [1.807, 2.05) is 0 Å². The largest absolute Gasteiger partial charge is 0.452 e. The summed E-state index contributed by atoms with van der Waals surface area (Å²) < 4.78 is 9.81. The molecule has 1 saturated heterocycles. The first-order chi connectivity index (χ1) is 5.33. The van der Waals surface area contributed by atoms with Crippen LogP contribution in [0, 0.1) is 5.53 Å². The second kappa shape index (κ2) is 4.02. The summed E-state index contributed by atoms with van der Waals surface area (Å²) >= 11 is 0. The van der Waals surface area contributed by atoms with Crippen LogP contribution in [0.5, 0.6) is 0 Å². The van der Waals surface area contributed by atoms with Crippen molar-refractivity contribution in [2.24, 2.45) is 5.11 Å². The van der Waals surface area contributed by atoms with Gasteiger partial charge in [0.25, 0.3) is 0 Å². The lowest BCUT2D eigenvalue weighted by atomic mass is 10.2. The lowest BCUT2D eigenvalue weighted by molar-refractivity contribution is 0.00398. The van der Waals surface area contributed by atoms with Gasteiger partial charge in [-0.2, -0.15) is 5.53 Å². The topological polar surface area (TPSA) is 71.7 Å². The fourth-order valence-electron chi connectivity index (χ4n) is 0.963. The molecule has 1 aliphatic heterocycles. The standard InChI is InChI=1S/C6H10N2O3/c7-8-6(9)11-5-1-3-10-4-2-5/h5,7H,1-4H2. The maximum Gasteiger partial charge on any atom is 0.452 e. The Morgan fingerprint density at radius 1 is 1.55 bits per heavy atom. The predicted octanol–water partition coefficient (Wildman–Crippen LogP) is 1.33. The van der Waals surface area contributed by atoms with E-state index in [2.05, 4.69) is 5.11 Å². The van der Waals surface area contributed by atoms with Crippen molar-refractivity contribution in [1.82, 2.24) is 0 Å². The van der Waals surface area contributed by atoms with Crippen LogP contribution in [0.1, 0.15) is 12.8 Å². The van der Waals surface area contributed by atoms with Crippen LogP contribution in [0.25, 0.3) is 0 Å². The molecule has 62 valence electrons. The van der Waals surface area contributed by atoms with Crippen LogP contribution in [-0.4, -0.2) is 25.4 Å². The van der Waals surface area contributed by atoms with Crippen LogP contribution >= 0.6 is 0 Å². The monoisotopic (exact) mass is 158 g/mol. The SMILES string of the molecule is N=NC(=O)OC1CCOCC1. The Bertz CT molecular complexity index is 154. The quantitative estimate of drug-likeness (QED) is 0.585. The minimum atomic E-state index is -0.808. The summed E-state index contributed by atoms with van der Waals surface area (Å²) in [6.07, 6.45) is 0.505. The molecule has 1 fully saturated rings. The molecule has 1 amide bonds. The summed E-state index contributed by atoms with van der Waals surface area (Å²) in [7, 11) is 0. The number of nitrogens with zero attached hydrogens (tertiary/aromatic N) is 1. The maximum absolute atomic E-state index is 10.5. The molecule has 1 aliphatic rings. The van der Waals surface area contributed by atoms with E-state index in [9.17, 15) is 4.79 Å². The zero-order chi connectivity index (χ0) is 8.10. The molecule has 0 spiro atoms. The molecule has 0 bridgehead atoms. The number of rotatable bonds is 1. The number of ether oxygens (including phenoxy) is 2. The molecule has 0 aromatic carbocycles. The average molecular weight is 158 g/mol. The second-order valence-electron chi connectivity index (χ2n) is 2.31. The zero-order valence-electron chi connectivity index (χ0n) is 6.08. The summed E-state index contributed by atoms with van der Waals surface area (Å²) in [5.41, 5.74) is 6.35. The summed E-state index contributed by atoms with van der Waals surface area (Å²) in [4.78, 5) is 10.5. The van der Waals surface area contributed by atoms with E-state index >= 15 is 0 Å². The van der Waals surface area contributed by atoms with Crippen LogP contribution in [0.2, 0.25) is 0 Å². The molecule has 0 saturated carbocycles. The number of amides is 1. The zero-order valence-corrected chi connectivity index (χ0v) is 6.08. The lowest BCUT2D eigenvalue weighted by Gasteiger charge is -2.20. The van der Waals surface area contributed by atoms with Gasteiger partial charge in [-0.1, -0.05) is 5.11 Å². The first-order valence-electron chi connectivity index (χ1n) is 3.49. The molecule has 0 aliphatic carbocycles. The molecule has 11 heavy (non-hydrogen) atoms. The lowest BCUT2D eigenvalue weighted by Crippen LogP contribution is -2.24. The molecule has 1 rings (SSSR count). The third kappa shape index (κ3) is 2.63. The highest BCUT2D eigenvalue weighted by Crippen LogP contribution is 2.10. The molecule has 5 heteroatoms. The van der Waals surface area contributed by atoms with Gasteiger partial charge in [-0.15, -0.1) is 0 Å². The van der Waals surface area contributed by atoms with Crippen LogP contribution < -0.4 is 0 Å². The van der Waals surface area contributed by atoms with E-state index in [4.69, 9.17) is 15.0 Å². The fourth-order valence-corrected chi connectivity index (χ4v) is 0.963. The van der Waals surface area contributed by atoms with Gasteiger partial charge in [-0.3, -0.25) is 0 Å². The molecule has 1 N–H and O–H groups in total. The van der Waals surface area contributed by atoms with E-state index in [1.165, 1.54) is 0 Å². The highest BCUT2D eigenvalue weighted by molar-refractivity contribution is 5.67. The van der Waals surface area contributed by atoms with Crippen LogP contribution in [0.4, 0.5) is 4.79 Å². The van der Waals surface area contributed by atoms with Crippen molar-refractivity contribution in [2.75, 3.05) is 13.2 Å². The number of nitrogens with one attached hydrogen (secondary N) is 1. The molecule has 0 radical (unpaired) electrons. The minimum absolute atomic E-state index is 0.106. The van der Waals surface area contributed by atoms with Gasteiger partial charge >= 0.3 is 6.09 Å². The average Bonchev–Trinajstić information content (AvgIpc) is 2.06. The van der Waals surface area contributed by atoms with Gasteiger partial charge < -0.3 is 9.47 Å². The number of carbonyl (C=O) groups excluding carboxylic acids is 1. The van der Waals surface area contributed by atoms with Crippen molar-refractivity contribution in [1.29, 1.82) is 5.53 Å². The third-order valence-electron chi connectivity index (χ3n) is 1.53. The minimum Gasteiger partial charge on any atom is -0.443 e. The van der Waals surface area contributed by atoms with E-state index in [1.54, 1.807) is 0 Å². The Morgan fingerprint density at radius 3 is 2.73 bits per heavy atom. The van der Waals surface area contributed by atoms with Crippen molar-refractivity contribution in [2.45, 2.75) is 18.9 Å². The second-order valence-corrected chi connectivity index (χ2v) is 2.31. The first-order valence-corrected chi connectivity index (χ1v) is 3.49. The van der Waals surface area contributed by atoms with Gasteiger partial charge in [0.2, 0.25) is 0 Å². The number of hydrogen-bond donors (Lipinski definition) is 1. The maximum atomic E-state index is 10.5. The van der Waals surface area contributed by atoms with E-state index in [-0.39, 0.29) is 6.10 Å². The van der Waals surface area contributed by atoms with Crippen LogP contribution in [-0.2, 0) is 9.47 Å². The van der Waals surface area contributed by atoms with E-state index in [0.717, 1.165) is 0 Å². The Kier molecular flexibility index (Phi) is 2.97. The summed E-state index contributed by atoms with van der Waals surface area (Å²) in [6, 6.07) is 0. The van der Waals surface area contributed by atoms with Crippen molar-refractivity contribution in [3.8, 4) is 0 Å². The molecule has 0 unspecified atom stereocenters. The molecule has 0 aromatic heterocycles. The Labute approximate surface area is 64.2 Å². The normalized spacial score (nSPS) is 19.3. The van der Waals surface area contributed by atoms with Gasteiger partial charge in [-0.25, -0.2) is 4.79 Å². The van der Waals surface area contributed by atoms with Gasteiger partial charge in [0.05, 0.1) is 13.2 Å². The summed E-state index contributed by atoms with van der Waals surface area (Å²) in [6.45, 7) is 1.24. The molecule has 5 nitrogen and oxygen atoms in total. The molecular formula is C6H10N2O3. The summed E-state index contributed by atoms with van der Waals surface area (Å²) in [5.74, 6) is 0. The van der Waals surface area contributed by atoms with Crippen LogP contribution in [0.15, 0.2) is 5.11 Å². The van der Waals surface area contributed by atoms with E-state index < -0.39 is 6.09 Å². The van der Waals surface area contributed by atoms with Crippen LogP contribution in [0.3, 0.4) is 0 Å². The number of carbonyl (C=O) groups is 1. The predicted molar refractivity (Wildman–Crippen MR) is 35.5 cm³/mol. The Balaban J connectivity index is 2.24. The van der Waals surface area contributed by atoms with Crippen molar-refractivity contribution < 1.29 is 14.3 Å². The molecule has 0 atom stereocenters. The van der Waals surface area contributed by atoms with Gasteiger partial charge in [0.1, 0.15) is 6.10 Å². The van der Waals surface area contributed by atoms with Gasteiger partial charge in [0.15, 0.2) is 0 Å². The van der Waals surface area contributed by atoms with Gasteiger partial charge in [0, 0.05) is 12.8 Å². The highest BCUT2D eigenvalue weighted by atomic mass is 16.6. The van der Waals surface area contributed by atoms with Gasteiger partial charge in [-0.05, 0) is 0 Å². The highest BCUT2D eigenvalue weighted by Gasteiger charge is 2.17. The molecular weight excluding hydrogens is 148 g/mol. The molecule has 0 aromatic rings. The number of hydrogen-bond acceptors (Lipinski definition) is 4. The fraction of sp³-hybridized carbons (Fsp3) is 0.833. The smallest absolute Gasteiger partial charge is 0.443 e. The molecule has 1 heterocycles. The summed E-state index contributed by atoms with van der Waals surface area (Å²) in [5, 5.41) is 2.63. The van der Waals surface area contributed by atoms with Crippen molar-refractivity contribution >= 4 is 6.09 Å². The Hall–Kier alpha value is -0.970. The third-order valence-corrected chi connectivity index (χ3v) is 1.53. The first kappa shape index (κ1) is 8.13. The van der Waals surface area contributed by atoms with Crippen molar-refractivity contribution in [3.05, 3.63) is 0 Å². The Morgan fingerprint density at radius 2 is 2.18 bits per heavy atom.